The minimum atomic E-state index is -0.507. The van der Waals surface area contributed by atoms with Crippen LogP contribution >= 0.6 is 0 Å². The van der Waals surface area contributed by atoms with E-state index in [2.05, 4.69) is 10.6 Å². The Hall–Kier alpha value is -1.75. The van der Waals surface area contributed by atoms with Crippen molar-refractivity contribution in [2.24, 2.45) is 5.92 Å². The van der Waals surface area contributed by atoms with Gasteiger partial charge in [0, 0.05) is 5.69 Å². The zero-order valence-electron chi connectivity index (χ0n) is 14.6. The van der Waals surface area contributed by atoms with E-state index in [0.29, 0.717) is 5.92 Å². The molecule has 2 rings (SSSR count). The van der Waals surface area contributed by atoms with Crippen LogP contribution in [0.3, 0.4) is 0 Å². The van der Waals surface area contributed by atoms with Gasteiger partial charge in [-0.1, -0.05) is 0 Å². The third-order valence-electron chi connectivity index (χ3n) is 3.83. The number of rotatable bonds is 4. The van der Waals surface area contributed by atoms with Crippen LogP contribution in [0.15, 0.2) is 18.2 Å². The fraction of sp³-hybridized carbons (Fsp3) is 0.611. The van der Waals surface area contributed by atoms with E-state index < -0.39 is 11.7 Å². The largest absolute Gasteiger partial charge is 0.496 e. The van der Waals surface area contributed by atoms with Gasteiger partial charge in [-0.25, -0.2) is 4.79 Å². The van der Waals surface area contributed by atoms with Crippen molar-refractivity contribution in [1.29, 1.82) is 0 Å². The second-order valence-electron chi connectivity index (χ2n) is 7.07. The van der Waals surface area contributed by atoms with Gasteiger partial charge in [0.05, 0.1) is 7.11 Å². The minimum Gasteiger partial charge on any atom is -0.496 e. The maximum absolute atomic E-state index is 11.9. The number of amides is 1. The Kier molecular flexibility index (Phi) is 5.88. The molecule has 1 aliphatic rings. The summed E-state index contributed by atoms with van der Waals surface area (Å²) in [6.45, 7) is 7.69. The molecule has 23 heavy (non-hydrogen) atoms. The predicted molar refractivity (Wildman–Crippen MR) is 92.1 cm³/mol. The van der Waals surface area contributed by atoms with Crippen LogP contribution < -0.4 is 15.4 Å². The number of hydrogen-bond acceptors (Lipinski definition) is 4. The molecule has 1 saturated heterocycles. The maximum Gasteiger partial charge on any atom is 0.412 e. The van der Waals surface area contributed by atoms with Gasteiger partial charge in [0.2, 0.25) is 0 Å². The topological polar surface area (TPSA) is 59.6 Å². The van der Waals surface area contributed by atoms with E-state index in [0.717, 1.165) is 36.5 Å². The first-order valence-electron chi connectivity index (χ1n) is 8.25. The highest BCUT2D eigenvalue weighted by molar-refractivity contribution is 5.85. The van der Waals surface area contributed by atoms with Gasteiger partial charge in [-0.05, 0) is 82.8 Å². The van der Waals surface area contributed by atoms with Gasteiger partial charge in [-0.2, -0.15) is 0 Å². The van der Waals surface area contributed by atoms with Crippen molar-refractivity contribution in [2.75, 3.05) is 25.5 Å². The van der Waals surface area contributed by atoms with Crippen LogP contribution in [0.4, 0.5) is 10.5 Å². The molecule has 1 aromatic carbocycles. The van der Waals surface area contributed by atoms with E-state index >= 15 is 0 Å². The number of carbonyl (C=O) groups is 1. The number of hydrogen-bond donors (Lipinski definition) is 2. The lowest BCUT2D eigenvalue weighted by Gasteiger charge is -2.24. The number of ether oxygens (including phenoxy) is 2. The van der Waals surface area contributed by atoms with Crippen molar-refractivity contribution in [3.05, 3.63) is 23.8 Å². The van der Waals surface area contributed by atoms with Gasteiger partial charge < -0.3 is 14.8 Å². The first kappa shape index (κ1) is 17.6. The summed E-state index contributed by atoms with van der Waals surface area (Å²) in [4.78, 5) is 11.9. The molecule has 128 valence electrons. The number of piperidine rings is 1. The van der Waals surface area contributed by atoms with Crippen molar-refractivity contribution >= 4 is 11.8 Å². The van der Waals surface area contributed by atoms with E-state index in [1.807, 2.05) is 39.0 Å². The Labute approximate surface area is 138 Å². The summed E-state index contributed by atoms with van der Waals surface area (Å²) in [5.74, 6) is 1.47. The molecule has 1 heterocycles. The zero-order chi connectivity index (χ0) is 16.9. The Balaban J connectivity index is 2.06. The standard InChI is InChI=1S/C18H28N2O3/c1-18(2,3)23-17(21)20-15-7-8-16(22-4)14(11-15)10-13-6-5-9-19-12-13/h7-8,11,13,19H,5-6,9-10,12H2,1-4H3,(H,20,21). The van der Waals surface area contributed by atoms with Crippen LogP contribution in [0.25, 0.3) is 0 Å². The number of nitrogens with one attached hydrogen (secondary N) is 2. The number of benzene rings is 1. The van der Waals surface area contributed by atoms with E-state index in [1.165, 1.54) is 12.8 Å². The van der Waals surface area contributed by atoms with Crippen LogP contribution in [-0.2, 0) is 11.2 Å². The summed E-state index contributed by atoms with van der Waals surface area (Å²) in [6, 6.07) is 5.72. The molecule has 1 aromatic rings. The smallest absolute Gasteiger partial charge is 0.412 e. The second kappa shape index (κ2) is 7.68. The summed E-state index contributed by atoms with van der Waals surface area (Å²) >= 11 is 0. The van der Waals surface area contributed by atoms with Gasteiger partial charge in [-0.3, -0.25) is 5.32 Å². The lowest BCUT2D eigenvalue weighted by Crippen LogP contribution is -2.31. The van der Waals surface area contributed by atoms with Crippen LogP contribution in [0.2, 0.25) is 0 Å². The van der Waals surface area contributed by atoms with Gasteiger partial charge in [-0.15, -0.1) is 0 Å². The lowest BCUT2D eigenvalue weighted by atomic mass is 9.92. The second-order valence-corrected chi connectivity index (χ2v) is 7.07. The zero-order valence-corrected chi connectivity index (χ0v) is 14.6. The molecular weight excluding hydrogens is 292 g/mol. The maximum atomic E-state index is 11.9. The highest BCUT2D eigenvalue weighted by atomic mass is 16.6. The highest BCUT2D eigenvalue weighted by Crippen LogP contribution is 2.27. The molecule has 1 fully saturated rings. The molecule has 0 aliphatic carbocycles. The van der Waals surface area contributed by atoms with Crippen LogP contribution in [-0.4, -0.2) is 31.9 Å². The van der Waals surface area contributed by atoms with E-state index in [9.17, 15) is 4.79 Å². The number of carbonyl (C=O) groups excluding carboxylic acids is 1. The third-order valence-corrected chi connectivity index (χ3v) is 3.83. The molecular formula is C18H28N2O3. The molecule has 1 atom stereocenters. The SMILES string of the molecule is COc1ccc(NC(=O)OC(C)(C)C)cc1CC1CCCNC1. The van der Waals surface area contributed by atoms with Crippen molar-refractivity contribution < 1.29 is 14.3 Å². The van der Waals surface area contributed by atoms with Crippen LogP contribution in [0, 0.1) is 5.92 Å². The lowest BCUT2D eigenvalue weighted by molar-refractivity contribution is 0.0636. The Morgan fingerprint density at radius 3 is 2.78 bits per heavy atom. The molecule has 2 N–H and O–H groups in total. The van der Waals surface area contributed by atoms with Gasteiger partial charge in [0.25, 0.3) is 0 Å². The van der Waals surface area contributed by atoms with Crippen molar-refractivity contribution in [3.8, 4) is 5.75 Å². The molecule has 0 bridgehead atoms. The summed E-state index contributed by atoms with van der Waals surface area (Å²) < 4.78 is 10.8. The molecule has 0 aromatic heterocycles. The van der Waals surface area contributed by atoms with Gasteiger partial charge in [0.1, 0.15) is 11.4 Å². The van der Waals surface area contributed by atoms with Crippen molar-refractivity contribution in [1.82, 2.24) is 5.32 Å². The molecule has 1 unspecified atom stereocenters. The van der Waals surface area contributed by atoms with Crippen LogP contribution in [0.5, 0.6) is 5.75 Å². The van der Waals surface area contributed by atoms with Gasteiger partial charge in [0.15, 0.2) is 0 Å². The van der Waals surface area contributed by atoms with Crippen LogP contribution in [0.1, 0.15) is 39.2 Å². The molecule has 0 saturated carbocycles. The quantitative estimate of drug-likeness (QED) is 0.890. The molecule has 5 heteroatoms. The molecule has 1 amide bonds. The molecule has 0 spiro atoms. The predicted octanol–water partition coefficient (Wildman–Crippen LogP) is 3.58. The van der Waals surface area contributed by atoms with Gasteiger partial charge >= 0.3 is 6.09 Å². The Morgan fingerprint density at radius 2 is 2.17 bits per heavy atom. The average molecular weight is 320 g/mol. The van der Waals surface area contributed by atoms with E-state index in [1.54, 1.807) is 7.11 Å². The monoisotopic (exact) mass is 320 g/mol. The molecule has 1 aliphatic heterocycles. The fourth-order valence-electron chi connectivity index (χ4n) is 2.85. The summed E-state index contributed by atoms with van der Waals surface area (Å²) in [6.07, 6.45) is 2.94. The number of methoxy groups -OCH3 is 1. The fourth-order valence-corrected chi connectivity index (χ4v) is 2.85. The first-order chi connectivity index (χ1) is 10.9. The normalized spacial score (nSPS) is 18.3. The third kappa shape index (κ3) is 5.75. The molecule has 5 nitrogen and oxygen atoms in total. The Morgan fingerprint density at radius 1 is 1.39 bits per heavy atom. The summed E-state index contributed by atoms with van der Waals surface area (Å²) in [7, 11) is 1.68. The Bertz CT molecular complexity index is 532. The average Bonchev–Trinajstić information content (AvgIpc) is 2.46. The van der Waals surface area contributed by atoms with Crippen molar-refractivity contribution in [2.45, 2.75) is 45.6 Å². The number of anilines is 1. The summed E-state index contributed by atoms with van der Waals surface area (Å²) in [5.41, 5.74) is 1.35. The van der Waals surface area contributed by atoms with E-state index in [4.69, 9.17) is 9.47 Å². The summed E-state index contributed by atoms with van der Waals surface area (Å²) in [5, 5.41) is 6.23. The van der Waals surface area contributed by atoms with E-state index in [-0.39, 0.29) is 0 Å². The van der Waals surface area contributed by atoms with Crippen molar-refractivity contribution in [3.63, 3.8) is 0 Å². The molecule has 0 radical (unpaired) electrons. The first-order valence-corrected chi connectivity index (χ1v) is 8.25. The highest BCUT2D eigenvalue weighted by Gasteiger charge is 2.18. The minimum absolute atomic E-state index is 0.437.